The minimum Gasteiger partial charge on any atom is -0.480 e. The first-order valence-electron chi connectivity index (χ1n) is 8.60. The number of hydrogen-bond donors (Lipinski definition) is 2. The first-order valence-corrected chi connectivity index (χ1v) is 8.60. The number of carbonyl (C=O) groups is 1. The van der Waals surface area contributed by atoms with E-state index in [0.29, 0.717) is 12.5 Å². The summed E-state index contributed by atoms with van der Waals surface area (Å²) in [5.41, 5.74) is 2.58. The molecule has 0 aliphatic carbocycles. The van der Waals surface area contributed by atoms with Crippen LogP contribution < -0.4 is 5.32 Å². The lowest BCUT2D eigenvalue weighted by Crippen LogP contribution is -2.43. The fourth-order valence-electron chi connectivity index (χ4n) is 3.01. The molecule has 2 rings (SSSR count). The average molecular weight is 325 g/mol. The monoisotopic (exact) mass is 325 g/mol. The first kappa shape index (κ1) is 18.2. The van der Waals surface area contributed by atoms with Crippen molar-refractivity contribution in [3.8, 4) is 0 Å². The summed E-state index contributed by atoms with van der Waals surface area (Å²) in [5.74, 6) is -0.352. The highest BCUT2D eigenvalue weighted by Gasteiger charge is 2.22. The van der Waals surface area contributed by atoms with E-state index in [-0.39, 0.29) is 5.92 Å². The van der Waals surface area contributed by atoms with Gasteiger partial charge in [0, 0.05) is 0 Å². The SMILES string of the molecule is CC(C)[C@@H](NCC(Cc1ccccc1)Cc1ccccc1)C(=O)O. The van der Waals surface area contributed by atoms with Crippen LogP contribution in [0.15, 0.2) is 60.7 Å². The third kappa shape index (κ3) is 5.82. The van der Waals surface area contributed by atoms with E-state index in [0.717, 1.165) is 12.8 Å². The van der Waals surface area contributed by atoms with Crippen molar-refractivity contribution in [3.05, 3.63) is 71.8 Å². The van der Waals surface area contributed by atoms with Crippen molar-refractivity contribution in [2.75, 3.05) is 6.54 Å². The van der Waals surface area contributed by atoms with Gasteiger partial charge in [-0.15, -0.1) is 0 Å². The predicted octanol–water partition coefficient (Wildman–Crippen LogP) is 3.79. The number of carboxylic acids is 1. The van der Waals surface area contributed by atoms with Crippen LogP contribution in [0.4, 0.5) is 0 Å². The highest BCUT2D eigenvalue weighted by atomic mass is 16.4. The smallest absolute Gasteiger partial charge is 0.320 e. The topological polar surface area (TPSA) is 49.3 Å². The van der Waals surface area contributed by atoms with Gasteiger partial charge in [0.05, 0.1) is 0 Å². The maximum absolute atomic E-state index is 11.4. The largest absolute Gasteiger partial charge is 0.480 e. The fraction of sp³-hybridized carbons (Fsp3) is 0.381. The Balaban J connectivity index is 2.05. The van der Waals surface area contributed by atoms with E-state index in [9.17, 15) is 9.90 Å². The molecule has 3 nitrogen and oxygen atoms in total. The highest BCUT2D eigenvalue weighted by Crippen LogP contribution is 2.15. The molecule has 3 heteroatoms. The number of hydrogen-bond acceptors (Lipinski definition) is 2. The molecule has 0 saturated carbocycles. The zero-order valence-corrected chi connectivity index (χ0v) is 14.5. The molecule has 0 saturated heterocycles. The van der Waals surface area contributed by atoms with E-state index < -0.39 is 12.0 Å². The van der Waals surface area contributed by atoms with Gasteiger partial charge in [-0.3, -0.25) is 4.79 Å². The van der Waals surface area contributed by atoms with Crippen LogP contribution in [0.5, 0.6) is 0 Å². The zero-order chi connectivity index (χ0) is 17.4. The van der Waals surface area contributed by atoms with E-state index in [1.54, 1.807) is 0 Å². The lowest BCUT2D eigenvalue weighted by Gasteiger charge is -2.23. The Morgan fingerprint density at radius 2 is 1.38 bits per heavy atom. The van der Waals surface area contributed by atoms with Crippen LogP contribution in [0.3, 0.4) is 0 Å². The summed E-state index contributed by atoms with van der Waals surface area (Å²) in [7, 11) is 0. The summed E-state index contributed by atoms with van der Waals surface area (Å²) in [6.45, 7) is 4.57. The molecule has 0 aliphatic heterocycles. The molecule has 0 amide bonds. The molecular weight excluding hydrogens is 298 g/mol. The molecule has 2 N–H and O–H groups in total. The van der Waals surface area contributed by atoms with E-state index >= 15 is 0 Å². The van der Waals surface area contributed by atoms with Gasteiger partial charge in [0.25, 0.3) is 0 Å². The Hall–Kier alpha value is -2.13. The molecule has 0 heterocycles. The summed E-state index contributed by atoms with van der Waals surface area (Å²) >= 11 is 0. The molecule has 0 unspecified atom stereocenters. The Morgan fingerprint density at radius 1 is 0.917 bits per heavy atom. The normalized spacial score (nSPS) is 12.5. The van der Waals surface area contributed by atoms with Crippen LogP contribution in [0, 0.1) is 11.8 Å². The second kappa shape index (κ2) is 9.24. The van der Waals surface area contributed by atoms with Crippen LogP contribution in [0.25, 0.3) is 0 Å². The van der Waals surface area contributed by atoms with Crippen molar-refractivity contribution in [1.29, 1.82) is 0 Å². The van der Waals surface area contributed by atoms with Crippen LogP contribution in [-0.4, -0.2) is 23.7 Å². The van der Waals surface area contributed by atoms with Crippen molar-refractivity contribution in [2.24, 2.45) is 11.8 Å². The molecule has 0 aliphatic rings. The Kier molecular flexibility index (Phi) is 7.01. The third-order valence-corrected chi connectivity index (χ3v) is 4.29. The van der Waals surface area contributed by atoms with E-state index in [1.165, 1.54) is 11.1 Å². The van der Waals surface area contributed by atoms with Crippen molar-refractivity contribution < 1.29 is 9.90 Å². The standard InChI is InChI=1S/C21H27NO2/c1-16(2)20(21(23)24)22-15-19(13-17-9-5-3-6-10-17)14-18-11-7-4-8-12-18/h3-12,16,19-20,22H,13-15H2,1-2H3,(H,23,24)/t20-/m1/s1. The van der Waals surface area contributed by atoms with Gasteiger partial charge in [-0.2, -0.15) is 0 Å². The van der Waals surface area contributed by atoms with Gasteiger partial charge in [-0.25, -0.2) is 0 Å². The molecule has 0 aromatic heterocycles. The summed E-state index contributed by atoms with van der Waals surface area (Å²) in [4.78, 5) is 11.4. The summed E-state index contributed by atoms with van der Waals surface area (Å²) in [6.07, 6.45) is 1.88. The number of benzene rings is 2. The second-order valence-electron chi connectivity index (χ2n) is 6.71. The number of carboxylic acid groups (broad SMARTS) is 1. The van der Waals surface area contributed by atoms with E-state index in [2.05, 4.69) is 53.8 Å². The summed E-state index contributed by atoms with van der Waals surface area (Å²) in [6, 6.07) is 20.3. The van der Waals surface area contributed by atoms with Crippen molar-refractivity contribution in [2.45, 2.75) is 32.7 Å². The van der Waals surface area contributed by atoms with E-state index in [1.807, 2.05) is 26.0 Å². The number of nitrogens with one attached hydrogen (secondary N) is 1. The molecule has 1 atom stereocenters. The summed E-state index contributed by atoms with van der Waals surface area (Å²) in [5, 5.41) is 12.6. The minimum absolute atomic E-state index is 0.0663. The molecular formula is C21H27NO2. The van der Waals surface area contributed by atoms with Crippen LogP contribution >= 0.6 is 0 Å². The fourth-order valence-corrected chi connectivity index (χ4v) is 3.01. The Bertz CT molecular complexity index is 569. The van der Waals surface area contributed by atoms with Gasteiger partial charge in [-0.05, 0) is 42.3 Å². The van der Waals surface area contributed by atoms with Gasteiger partial charge in [-0.1, -0.05) is 74.5 Å². The zero-order valence-electron chi connectivity index (χ0n) is 14.5. The summed E-state index contributed by atoms with van der Waals surface area (Å²) < 4.78 is 0. The van der Waals surface area contributed by atoms with Crippen LogP contribution in [-0.2, 0) is 17.6 Å². The molecule has 24 heavy (non-hydrogen) atoms. The molecule has 2 aromatic carbocycles. The third-order valence-electron chi connectivity index (χ3n) is 4.29. The number of aliphatic carboxylic acids is 1. The highest BCUT2D eigenvalue weighted by molar-refractivity contribution is 5.73. The quantitative estimate of drug-likeness (QED) is 0.737. The van der Waals surface area contributed by atoms with Gasteiger partial charge in [0.2, 0.25) is 0 Å². The van der Waals surface area contributed by atoms with Gasteiger partial charge < -0.3 is 10.4 Å². The Labute approximate surface area is 144 Å². The van der Waals surface area contributed by atoms with Crippen molar-refractivity contribution in [3.63, 3.8) is 0 Å². The van der Waals surface area contributed by atoms with Crippen LogP contribution in [0.1, 0.15) is 25.0 Å². The lowest BCUT2D eigenvalue weighted by molar-refractivity contribution is -0.140. The maximum Gasteiger partial charge on any atom is 0.320 e. The van der Waals surface area contributed by atoms with Gasteiger partial charge in [0.1, 0.15) is 6.04 Å². The van der Waals surface area contributed by atoms with Gasteiger partial charge >= 0.3 is 5.97 Å². The lowest BCUT2D eigenvalue weighted by atomic mass is 9.91. The molecule has 0 spiro atoms. The molecule has 2 aromatic rings. The first-order chi connectivity index (χ1) is 11.6. The molecule has 0 radical (unpaired) electrons. The van der Waals surface area contributed by atoms with Crippen molar-refractivity contribution in [1.82, 2.24) is 5.32 Å². The van der Waals surface area contributed by atoms with Crippen LogP contribution in [0.2, 0.25) is 0 Å². The average Bonchev–Trinajstić information content (AvgIpc) is 2.56. The Morgan fingerprint density at radius 3 is 1.75 bits per heavy atom. The predicted molar refractivity (Wildman–Crippen MR) is 98.0 cm³/mol. The minimum atomic E-state index is -0.775. The molecule has 0 fully saturated rings. The van der Waals surface area contributed by atoms with E-state index in [4.69, 9.17) is 0 Å². The molecule has 0 bridgehead atoms. The second-order valence-corrected chi connectivity index (χ2v) is 6.71. The maximum atomic E-state index is 11.4. The number of rotatable bonds is 9. The van der Waals surface area contributed by atoms with Crippen molar-refractivity contribution >= 4 is 5.97 Å². The van der Waals surface area contributed by atoms with Gasteiger partial charge in [0.15, 0.2) is 0 Å². The molecule has 128 valence electrons.